The Morgan fingerprint density at radius 2 is 1.73 bits per heavy atom. The van der Waals surface area contributed by atoms with Crippen molar-refractivity contribution in [2.75, 3.05) is 5.88 Å². The van der Waals surface area contributed by atoms with Crippen molar-refractivity contribution in [2.45, 2.75) is 57.7 Å². The minimum atomic E-state index is -0.768. The van der Waals surface area contributed by atoms with Gasteiger partial charge in [0.1, 0.15) is 11.9 Å². The molecule has 1 saturated carbocycles. The molecular weight excluding hydrogens is 419 g/mol. The Morgan fingerprint density at radius 3 is 2.40 bits per heavy atom. The van der Waals surface area contributed by atoms with Crippen molar-refractivity contribution in [3.63, 3.8) is 0 Å². The monoisotopic (exact) mass is 446 g/mol. The van der Waals surface area contributed by atoms with E-state index in [-0.39, 0.29) is 30.3 Å². The highest BCUT2D eigenvalue weighted by molar-refractivity contribution is 6.31. The Morgan fingerprint density at radius 1 is 1.07 bits per heavy atom. The number of hydrogen-bond donors (Lipinski definition) is 1. The van der Waals surface area contributed by atoms with Crippen molar-refractivity contribution in [3.8, 4) is 0 Å². The normalized spacial score (nSPS) is 15.4. The maximum Gasteiger partial charge on any atom is 0.247 e. The van der Waals surface area contributed by atoms with Gasteiger partial charge in [-0.1, -0.05) is 73.3 Å². The molecule has 6 heteroatoms. The zero-order valence-corrected chi connectivity index (χ0v) is 18.8. The van der Waals surface area contributed by atoms with E-state index < -0.39 is 6.04 Å². The molecule has 0 heterocycles. The molecule has 3 rings (SSSR count). The van der Waals surface area contributed by atoms with Crippen LogP contribution in [0, 0.1) is 6.92 Å². The summed E-state index contributed by atoms with van der Waals surface area (Å²) in [5, 5.41) is 3.75. The van der Waals surface area contributed by atoms with Gasteiger partial charge in [-0.15, -0.1) is 11.6 Å². The van der Waals surface area contributed by atoms with Gasteiger partial charge in [0.2, 0.25) is 11.8 Å². The van der Waals surface area contributed by atoms with Crippen LogP contribution in [0.25, 0.3) is 0 Å². The molecule has 0 bridgehead atoms. The zero-order valence-electron chi connectivity index (χ0n) is 17.2. The molecule has 0 aromatic heterocycles. The Balaban J connectivity index is 1.98. The van der Waals surface area contributed by atoms with Gasteiger partial charge in [-0.05, 0) is 42.5 Å². The summed E-state index contributed by atoms with van der Waals surface area (Å²) in [6.07, 6.45) is 5.38. The number of carbonyl (C=O) groups is 2. The molecule has 0 radical (unpaired) electrons. The van der Waals surface area contributed by atoms with E-state index in [2.05, 4.69) is 5.32 Å². The molecule has 0 spiro atoms. The van der Waals surface area contributed by atoms with Crippen LogP contribution in [0.3, 0.4) is 0 Å². The van der Waals surface area contributed by atoms with Gasteiger partial charge in [-0.25, -0.2) is 0 Å². The van der Waals surface area contributed by atoms with Gasteiger partial charge in [-0.2, -0.15) is 0 Å². The SMILES string of the molecule is Cc1ccccc1[C@@H](C(=O)NC1CCCCC1)N(Cc1ccccc1Cl)C(=O)CCl. The number of benzene rings is 2. The minimum Gasteiger partial charge on any atom is -0.351 e. The van der Waals surface area contributed by atoms with Crippen LogP contribution < -0.4 is 5.32 Å². The lowest BCUT2D eigenvalue weighted by Crippen LogP contribution is -2.47. The number of amides is 2. The van der Waals surface area contributed by atoms with E-state index >= 15 is 0 Å². The Hall–Kier alpha value is -2.04. The maximum atomic E-state index is 13.5. The van der Waals surface area contributed by atoms with Crippen LogP contribution in [0.15, 0.2) is 48.5 Å². The van der Waals surface area contributed by atoms with Gasteiger partial charge in [0.25, 0.3) is 0 Å². The number of nitrogens with zero attached hydrogens (tertiary/aromatic N) is 1. The number of aryl methyl sites for hydroxylation is 1. The summed E-state index contributed by atoms with van der Waals surface area (Å²) in [6.45, 7) is 2.16. The van der Waals surface area contributed by atoms with E-state index in [0.29, 0.717) is 5.02 Å². The van der Waals surface area contributed by atoms with E-state index in [0.717, 1.165) is 42.4 Å². The molecule has 4 nitrogen and oxygen atoms in total. The molecule has 0 unspecified atom stereocenters. The van der Waals surface area contributed by atoms with Gasteiger partial charge >= 0.3 is 0 Å². The average molecular weight is 447 g/mol. The molecule has 2 amide bonds. The average Bonchev–Trinajstić information content (AvgIpc) is 2.76. The summed E-state index contributed by atoms with van der Waals surface area (Å²) in [6, 6.07) is 14.4. The van der Waals surface area contributed by atoms with Crippen molar-refractivity contribution in [2.24, 2.45) is 0 Å². The molecule has 0 saturated heterocycles. The standard InChI is InChI=1S/C24H28Cl2N2O2/c1-17-9-5-7-13-20(17)23(24(30)27-19-11-3-2-4-12-19)28(22(29)15-25)16-18-10-6-8-14-21(18)26/h5-10,13-14,19,23H,2-4,11-12,15-16H2,1H3,(H,27,30)/t23-/m0/s1. The fourth-order valence-corrected chi connectivity index (χ4v) is 4.43. The molecule has 2 aromatic carbocycles. The second kappa shape index (κ2) is 10.8. The van der Waals surface area contributed by atoms with E-state index in [1.807, 2.05) is 49.4 Å². The molecule has 1 N–H and O–H groups in total. The number of carbonyl (C=O) groups excluding carboxylic acids is 2. The number of rotatable bonds is 7. The number of hydrogen-bond acceptors (Lipinski definition) is 2. The van der Waals surface area contributed by atoms with Gasteiger partial charge < -0.3 is 10.2 Å². The van der Waals surface area contributed by atoms with Gasteiger partial charge in [0.05, 0.1) is 0 Å². The van der Waals surface area contributed by atoms with Crippen molar-refractivity contribution >= 4 is 35.0 Å². The van der Waals surface area contributed by atoms with E-state index in [9.17, 15) is 9.59 Å². The van der Waals surface area contributed by atoms with Gasteiger partial charge in [0.15, 0.2) is 0 Å². The first-order valence-electron chi connectivity index (χ1n) is 10.5. The highest BCUT2D eigenvalue weighted by atomic mass is 35.5. The highest BCUT2D eigenvalue weighted by Crippen LogP contribution is 2.29. The zero-order chi connectivity index (χ0) is 21.5. The van der Waals surface area contributed by atoms with Crippen molar-refractivity contribution in [1.82, 2.24) is 10.2 Å². The first-order valence-corrected chi connectivity index (χ1v) is 11.4. The quantitative estimate of drug-likeness (QED) is 0.578. The molecule has 160 valence electrons. The van der Waals surface area contributed by atoms with Crippen LogP contribution in [0.1, 0.15) is 54.8 Å². The molecule has 2 aromatic rings. The lowest BCUT2D eigenvalue weighted by Gasteiger charge is -2.34. The van der Waals surface area contributed by atoms with Gasteiger partial charge in [0, 0.05) is 17.6 Å². The first kappa shape index (κ1) is 22.6. The number of alkyl halides is 1. The summed E-state index contributed by atoms with van der Waals surface area (Å²) < 4.78 is 0. The van der Waals surface area contributed by atoms with Crippen LogP contribution in [-0.2, 0) is 16.1 Å². The van der Waals surface area contributed by atoms with E-state index in [1.54, 1.807) is 11.0 Å². The molecule has 1 aliphatic carbocycles. The third-order valence-electron chi connectivity index (χ3n) is 5.73. The number of halogens is 2. The van der Waals surface area contributed by atoms with Crippen LogP contribution in [0.5, 0.6) is 0 Å². The summed E-state index contributed by atoms with van der Waals surface area (Å²) in [4.78, 5) is 28.0. The van der Waals surface area contributed by atoms with E-state index in [1.165, 1.54) is 6.42 Å². The molecule has 1 atom stereocenters. The molecule has 1 aliphatic rings. The highest BCUT2D eigenvalue weighted by Gasteiger charge is 2.33. The molecular formula is C24H28Cl2N2O2. The van der Waals surface area contributed by atoms with Crippen LogP contribution in [0.4, 0.5) is 0 Å². The molecule has 30 heavy (non-hydrogen) atoms. The maximum absolute atomic E-state index is 13.5. The third-order valence-corrected chi connectivity index (χ3v) is 6.33. The Kier molecular flexibility index (Phi) is 8.17. The van der Waals surface area contributed by atoms with Crippen LogP contribution in [-0.4, -0.2) is 28.6 Å². The minimum absolute atomic E-state index is 0.144. The fraction of sp³-hybridized carbons (Fsp3) is 0.417. The topological polar surface area (TPSA) is 49.4 Å². The third kappa shape index (κ3) is 5.55. The van der Waals surface area contributed by atoms with Crippen LogP contribution >= 0.6 is 23.2 Å². The second-order valence-corrected chi connectivity index (χ2v) is 8.52. The lowest BCUT2D eigenvalue weighted by molar-refractivity contribution is -0.140. The predicted octanol–water partition coefficient (Wildman–Crippen LogP) is 5.41. The first-order chi connectivity index (χ1) is 14.5. The summed E-state index contributed by atoms with van der Waals surface area (Å²) in [5.74, 6) is -0.672. The second-order valence-electron chi connectivity index (χ2n) is 7.85. The molecule has 0 aliphatic heterocycles. The Labute approximate surface area is 188 Å². The number of nitrogens with one attached hydrogen (secondary N) is 1. The lowest BCUT2D eigenvalue weighted by atomic mass is 9.94. The molecule has 1 fully saturated rings. The van der Waals surface area contributed by atoms with Crippen molar-refractivity contribution in [3.05, 3.63) is 70.2 Å². The van der Waals surface area contributed by atoms with Gasteiger partial charge in [-0.3, -0.25) is 9.59 Å². The smallest absolute Gasteiger partial charge is 0.247 e. The summed E-state index contributed by atoms with van der Waals surface area (Å²) in [5.41, 5.74) is 2.53. The predicted molar refractivity (Wildman–Crippen MR) is 122 cm³/mol. The summed E-state index contributed by atoms with van der Waals surface area (Å²) in [7, 11) is 0. The summed E-state index contributed by atoms with van der Waals surface area (Å²) >= 11 is 12.3. The fourth-order valence-electron chi connectivity index (χ4n) is 4.08. The largest absolute Gasteiger partial charge is 0.351 e. The van der Waals surface area contributed by atoms with Crippen molar-refractivity contribution in [1.29, 1.82) is 0 Å². The Bertz CT molecular complexity index is 881. The van der Waals surface area contributed by atoms with E-state index in [4.69, 9.17) is 23.2 Å². The van der Waals surface area contributed by atoms with Crippen molar-refractivity contribution < 1.29 is 9.59 Å². The van der Waals surface area contributed by atoms with Crippen LogP contribution in [0.2, 0.25) is 5.02 Å².